The topological polar surface area (TPSA) is 17.1 Å². The van der Waals surface area contributed by atoms with Gasteiger partial charge in [0.25, 0.3) is 0 Å². The van der Waals surface area contributed by atoms with Gasteiger partial charge in [0.05, 0.1) is 14.6 Å². The second-order valence-electron chi connectivity index (χ2n) is 6.07. The molecule has 0 N–H and O–H groups in total. The Hall–Kier alpha value is -1.06. The third-order valence-corrected chi connectivity index (χ3v) is 8.47. The molecule has 2 rings (SSSR count). The van der Waals surface area contributed by atoms with Gasteiger partial charge in [-0.3, -0.25) is 0 Å². The van der Waals surface area contributed by atoms with Crippen LogP contribution in [0.5, 0.6) is 0 Å². The highest BCUT2D eigenvalue weighted by Crippen LogP contribution is 2.44. The zero-order valence-electron chi connectivity index (χ0n) is 13.0. The average molecular weight is 319 g/mol. The molecule has 0 radical (unpaired) electrons. The highest BCUT2D eigenvalue weighted by molar-refractivity contribution is 8.69. The summed E-state index contributed by atoms with van der Waals surface area (Å²) in [6.07, 6.45) is 0. The van der Waals surface area contributed by atoms with Crippen LogP contribution in [0.1, 0.15) is 38.8 Å². The van der Waals surface area contributed by atoms with Crippen LogP contribution in [0.2, 0.25) is 0 Å². The lowest BCUT2D eigenvalue weighted by atomic mass is 10.0. The number of rotatable bonds is 5. The Bertz CT molecular complexity index is 604. The van der Waals surface area contributed by atoms with Crippen LogP contribution >= 0.6 is 10.8 Å². The van der Waals surface area contributed by atoms with Crippen LogP contribution in [0.25, 0.3) is 0 Å². The van der Waals surface area contributed by atoms with Crippen molar-refractivity contribution in [2.45, 2.75) is 37.2 Å². The van der Waals surface area contributed by atoms with E-state index in [1.165, 1.54) is 16.4 Å². The first-order valence-electron chi connectivity index (χ1n) is 7.06. The molecular formula is C18H22OS2. The highest BCUT2D eigenvalue weighted by Gasteiger charge is 2.34. The van der Waals surface area contributed by atoms with Crippen LogP contribution in [0.4, 0.5) is 0 Å². The van der Waals surface area contributed by atoms with Crippen molar-refractivity contribution in [3.8, 4) is 0 Å². The second-order valence-corrected chi connectivity index (χ2v) is 10.2. The fraction of sp³-hybridized carbons (Fsp3) is 0.333. The van der Waals surface area contributed by atoms with Crippen molar-refractivity contribution in [2.24, 2.45) is 0 Å². The molecule has 0 heterocycles. The van der Waals surface area contributed by atoms with Crippen molar-refractivity contribution in [3.63, 3.8) is 0 Å². The van der Waals surface area contributed by atoms with Gasteiger partial charge in [-0.15, -0.1) is 0 Å². The molecule has 0 fully saturated rings. The zero-order chi connectivity index (χ0) is 15.5. The molecule has 21 heavy (non-hydrogen) atoms. The molecule has 0 unspecified atom stereocenters. The Morgan fingerprint density at radius 3 is 1.67 bits per heavy atom. The van der Waals surface area contributed by atoms with Gasteiger partial charge in [0, 0.05) is 4.75 Å². The lowest BCUT2D eigenvalue weighted by Gasteiger charge is -2.30. The molecular weight excluding hydrogens is 296 g/mol. The van der Waals surface area contributed by atoms with Gasteiger partial charge in [-0.05, 0) is 49.6 Å². The first-order valence-corrected chi connectivity index (χ1v) is 9.55. The minimum absolute atomic E-state index is 0.182. The molecule has 1 nitrogen and oxygen atoms in total. The minimum Gasteiger partial charge on any atom is -0.247 e. The van der Waals surface area contributed by atoms with Crippen molar-refractivity contribution in [1.29, 1.82) is 0 Å². The standard InChI is InChI=1S/C18H22OS2/c1-17(2,15-11-7-5-8-12-15)20-21(19)18(3,4)16-13-9-6-10-14-16/h5-14H,1-4H3/t21-/m0/s1. The molecule has 0 saturated carbocycles. The molecule has 112 valence electrons. The van der Waals surface area contributed by atoms with Gasteiger partial charge < -0.3 is 0 Å². The lowest BCUT2D eigenvalue weighted by molar-refractivity contribution is 0.654. The van der Waals surface area contributed by atoms with E-state index < -0.39 is 9.83 Å². The number of hydrogen-bond donors (Lipinski definition) is 0. The summed E-state index contributed by atoms with van der Waals surface area (Å²) in [6.45, 7) is 8.36. The molecule has 2 aromatic carbocycles. The quantitative estimate of drug-likeness (QED) is 0.700. The van der Waals surface area contributed by atoms with E-state index in [0.717, 1.165) is 5.56 Å². The monoisotopic (exact) mass is 318 g/mol. The SMILES string of the molecule is CC(C)(S[S@](=O)C(C)(C)c1ccccc1)c1ccccc1. The number of benzene rings is 2. The van der Waals surface area contributed by atoms with Crippen molar-refractivity contribution in [3.05, 3.63) is 71.8 Å². The van der Waals surface area contributed by atoms with Crippen LogP contribution in [0.3, 0.4) is 0 Å². The molecule has 0 aliphatic carbocycles. The Balaban J connectivity index is 2.21. The van der Waals surface area contributed by atoms with Crippen LogP contribution in [-0.4, -0.2) is 4.21 Å². The van der Waals surface area contributed by atoms with Gasteiger partial charge in [-0.1, -0.05) is 60.7 Å². The van der Waals surface area contributed by atoms with E-state index in [1.54, 1.807) is 0 Å². The smallest absolute Gasteiger partial charge is 0.0914 e. The highest BCUT2D eigenvalue weighted by atomic mass is 33.1. The van der Waals surface area contributed by atoms with Crippen molar-refractivity contribution < 1.29 is 4.21 Å². The first-order chi connectivity index (χ1) is 9.84. The lowest BCUT2D eigenvalue weighted by Crippen LogP contribution is -2.25. The molecule has 0 aliphatic heterocycles. The van der Waals surface area contributed by atoms with E-state index in [1.807, 2.05) is 62.4 Å². The van der Waals surface area contributed by atoms with E-state index >= 15 is 0 Å². The van der Waals surface area contributed by atoms with Crippen LogP contribution in [0.15, 0.2) is 60.7 Å². The first kappa shape index (κ1) is 16.3. The maximum absolute atomic E-state index is 12.9. The van der Waals surface area contributed by atoms with Crippen LogP contribution < -0.4 is 0 Å². The summed E-state index contributed by atoms with van der Waals surface area (Å²) in [7, 11) is 0.494. The second kappa shape index (κ2) is 6.37. The molecule has 2 aromatic rings. The van der Waals surface area contributed by atoms with E-state index in [2.05, 4.69) is 26.0 Å². The van der Waals surface area contributed by atoms with E-state index in [0.29, 0.717) is 0 Å². The van der Waals surface area contributed by atoms with Gasteiger partial charge in [-0.25, -0.2) is 4.21 Å². The Morgan fingerprint density at radius 1 is 0.762 bits per heavy atom. The molecule has 0 aromatic heterocycles. The van der Waals surface area contributed by atoms with Crippen molar-refractivity contribution in [1.82, 2.24) is 0 Å². The molecule has 1 atom stereocenters. The summed E-state index contributed by atoms with van der Waals surface area (Å²) in [6, 6.07) is 20.4. The van der Waals surface area contributed by atoms with Gasteiger partial charge in [0.15, 0.2) is 0 Å². The predicted molar refractivity (Wildman–Crippen MR) is 94.7 cm³/mol. The summed E-state index contributed by atoms with van der Waals surface area (Å²) in [5.74, 6) is 0. The Kier molecular flexibility index (Phi) is 4.95. The third kappa shape index (κ3) is 3.78. The molecule has 3 heteroatoms. The predicted octanol–water partition coefficient (Wildman–Crippen LogP) is 5.25. The van der Waals surface area contributed by atoms with Gasteiger partial charge >= 0.3 is 0 Å². The molecule has 0 spiro atoms. The summed E-state index contributed by atoms with van der Waals surface area (Å²) >= 11 is 0. The maximum Gasteiger partial charge on any atom is 0.0914 e. The van der Waals surface area contributed by atoms with Crippen molar-refractivity contribution in [2.75, 3.05) is 0 Å². The molecule has 0 amide bonds. The normalized spacial score (nSPS) is 13.9. The summed E-state index contributed by atoms with van der Waals surface area (Å²) in [5, 5.41) is 0. The zero-order valence-corrected chi connectivity index (χ0v) is 14.6. The molecule has 0 bridgehead atoms. The molecule has 0 saturated heterocycles. The number of hydrogen-bond acceptors (Lipinski definition) is 2. The fourth-order valence-corrected chi connectivity index (χ4v) is 5.60. The summed E-state index contributed by atoms with van der Waals surface area (Å²) < 4.78 is 12.4. The Morgan fingerprint density at radius 2 is 1.19 bits per heavy atom. The van der Waals surface area contributed by atoms with Crippen LogP contribution in [-0.2, 0) is 19.3 Å². The summed E-state index contributed by atoms with van der Waals surface area (Å²) in [5.41, 5.74) is 2.31. The average Bonchev–Trinajstić information content (AvgIpc) is 2.48. The van der Waals surface area contributed by atoms with Gasteiger partial charge in [-0.2, -0.15) is 0 Å². The third-order valence-electron chi connectivity index (χ3n) is 3.64. The Labute approximate surface area is 134 Å². The van der Waals surface area contributed by atoms with E-state index in [4.69, 9.17) is 0 Å². The van der Waals surface area contributed by atoms with Crippen molar-refractivity contribution >= 4 is 20.6 Å². The minimum atomic E-state index is -1.03. The summed E-state index contributed by atoms with van der Waals surface area (Å²) in [4.78, 5) is 0. The fourth-order valence-electron chi connectivity index (χ4n) is 2.12. The largest absolute Gasteiger partial charge is 0.247 e. The van der Waals surface area contributed by atoms with E-state index in [-0.39, 0.29) is 9.49 Å². The van der Waals surface area contributed by atoms with Gasteiger partial charge in [0.2, 0.25) is 0 Å². The van der Waals surface area contributed by atoms with E-state index in [9.17, 15) is 4.21 Å². The van der Waals surface area contributed by atoms with Gasteiger partial charge in [0.1, 0.15) is 0 Å². The maximum atomic E-state index is 12.9. The van der Waals surface area contributed by atoms with Crippen LogP contribution in [0, 0.1) is 0 Å². The molecule has 0 aliphatic rings.